The predicted molar refractivity (Wildman–Crippen MR) is 133 cm³/mol. The second-order valence-corrected chi connectivity index (χ2v) is 9.96. The molecule has 37 heavy (non-hydrogen) atoms. The van der Waals surface area contributed by atoms with E-state index in [9.17, 15) is 22.8 Å². The van der Waals surface area contributed by atoms with Gasteiger partial charge in [0.2, 0.25) is 0 Å². The highest BCUT2D eigenvalue weighted by atomic mass is 19.4. The Balaban J connectivity index is 1.49. The van der Waals surface area contributed by atoms with E-state index < -0.39 is 35.4 Å². The van der Waals surface area contributed by atoms with Crippen LogP contribution < -0.4 is 5.32 Å². The van der Waals surface area contributed by atoms with Crippen LogP contribution in [0.3, 0.4) is 0 Å². The number of hydrogen-bond donors (Lipinski definition) is 1. The number of ether oxygens (including phenoxy) is 2. The van der Waals surface area contributed by atoms with Crippen LogP contribution in [0.4, 0.5) is 18.0 Å². The van der Waals surface area contributed by atoms with Gasteiger partial charge in [0.05, 0.1) is 5.56 Å². The Morgan fingerprint density at radius 1 is 0.892 bits per heavy atom. The summed E-state index contributed by atoms with van der Waals surface area (Å²) in [5, 5.41) is 2.50. The molecule has 194 valence electrons. The summed E-state index contributed by atoms with van der Waals surface area (Å²) in [5.41, 5.74) is 2.74. The van der Waals surface area contributed by atoms with Crippen LogP contribution in [0.25, 0.3) is 11.1 Å². The molecule has 0 radical (unpaired) electrons. The quantitative estimate of drug-likeness (QED) is 0.384. The Kier molecular flexibility index (Phi) is 7.30. The lowest BCUT2D eigenvalue weighted by Crippen LogP contribution is -2.46. The van der Waals surface area contributed by atoms with Gasteiger partial charge >= 0.3 is 18.2 Å². The van der Waals surface area contributed by atoms with Gasteiger partial charge in [0.25, 0.3) is 0 Å². The number of amides is 1. The van der Waals surface area contributed by atoms with Crippen LogP contribution in [-0.4, -0.2) is 30.3 Å². The summed E-state index contributed by atoms with van der Waals surface area (Å²) in [7, 11) is 0. The van der Waals surface area contributed by atoms with E-state index >= 15 is 0 Å². The molecule has 0 bridgehead atoms. The molecule has 5 nitrogen and oxygen atoms in total. The van der Waals surface area contributed by atoms with E-state index in [1.807, 2.05) is 48.5 Å². The van der Waals surface area contributed by atoms with Gasteiger partial charge in [-0.1, -0.05) is 66.7 Å². The minimum absolute atomic E-state index is 0.0322. The molecule has 1 atom stereocenters. The van der Waals surface area contributed by atoms with E-state index in [0.717, 1.165) is 34.4 Å². The third-order valence-electron chi connectivity index (χ3n) is 6.02. The fourth-order valence-corrected chi connectivity index (χ4v) is 4.46. The molecular weight excluding hydrogens is 483 g/mol. The topological polar surface area (TPSA) is 64.6 Å². The molecule has 0 aliphatic heterocycles. The van der Waals surface area contributed by atoms with Crippen molar-refractivity contribution in [2.75, 3.05) is 6.61 Å². The van der Waals surface area contributed by atoms with Gasteiger partial charge in [-0.2, -0.15) is 13.2 Å². The minimum atomic E-state index is -4.53. The van der Waals surface area contributed by atoms with Crippen LogP contribution in [0.2, 0.25) is 0 Å². The summed E-state index contributed by atoms with van der Waals surface area (Å²) in [6.45, 7) is 5.03. The molecule has 0 saturated carbocycles. The third kappa shape index (κ3) is 6.31. The van der Waals surface area contributed by atoms with E-state index in [2.05, 4.69) is 5.32 Å². The van der Waals surface area contributed by atoms with E-state index in [4.69, 9.17) is 9.47 Å². The number of alkyl carbamates (subject to hydrolysis) is 1. The third-order valence-corrected chi connectivity index (χ3v) is 6.02. The zero-order valence-corrected chi connectivity index (χ0v) is 20.8. The average Bonchev–Trinajstić information content (AvgIpc) is 3.15. The number of carbonyl (C=O) groups excluding carboxylic acids is 2. The SMILES string of the molecule is CC(C)(C)OC(=O)C(Cc1cccc(C(F)(F)F)c1)NC(=O)OCC1c2ccccc2-c2ccccc21. The summed E-state index contributed by atoms with van der Waals surface area (Å²) in [4.78, 5) is 25.7. The molecule has 0 fully saturated rings. The molecule has 0 aromatic heterocycles. The van der Waals surface area contributed by atoms with Gasteiger partial charge in [0, 0.05) is 12.3 Å². The molecule has 1 amide bonds. The highest BCUT2D eigenvalue weighted by molar-refractivity contribution is 5.82. The van der Waals surface area contributed by atoms with Gasteiger partial charge in [0.15, 0.2) is 0 Å². The summed E-state index contributed by atoms with van der Waals surface area (Å²) in [6.07, 6.45) is -5.58. The van der Waals surface area contributed by atoms with Crippen molar-refractivity contribution in [3.63, 3.8) is 0 Å². The molecule has 0 spiro atoms. The Morgan fingerprint density at radius 3 is 2.05 bits per heavy atom. The molecule has 1 unspecified atom stereocenters. The number of rotatable bonds is 6. The van der Waals surface area contributed by atoms with Crippen LogP contribution >= 0.6 is 0 Å². The maximum Gasteiger partial charge on any atom is 0.416 e. The monoisotopic (exact) mass is 511 g/mol. The number of nitrogens with one attached hydrogen (secondary N) is 1. The number of esters is 1. The van der Waals surface area contributed by atoms with Crippen LogP contribution in [0.5, 0.6) is 0 Å². The molecule has 0 saturated heterocycles. The fraction of sp³-hybridized carbons (Fsp3) is 0.310. The minimum Gasteiger partial charge on any atom is -0.458 e. The maximum atomic E-state index is 13.2. The van der Waals surface area contributed by atoms with E-state index in [-0.39, 0.29) is 24.5 Å². The van der Waals surface area contributed by atoms with Gasteiger partial charge < -0.3 is 14.8 Å². The first-order valence-corrected chi connectivity index (χ1v) is 11.9. The van der Waals surface area contributed by atoms with Gasteiger partial charge in [-0.05, 0) is 54.7 Å². The second-order valence-electron chi connectivity index (χ2n) is 9.96. The van der Waals surface area contributed by atoms with E-state index in [1.165, 1.54) is 12.1 Å². The van der Waals surface area contributed by atoms with Crippen molar-refractivity contribution in [1.29, 1.82) is 0 Å². The van der Waals surface area contributed by atoms with Crippen molar-refractivity contribution in [2.45, 2.75) is 50.9 Å². The number of fused-ring (bicyclic) bond motifs is 3. The first-order valence-electron chi connectivity index (χ1n) is 11.9. The number of alkyl halides is 3. The Morgan fingerprint density at radius 2 is 1.49 bits per heavy atom. The molecule has 4 rings (SSSR count). The lowest BCUT2D eigenvalue weighted by molar-refractivity contribution is -0.157. The van der Waals surface area contributed by atoms with Gasteiger partial charge in [-0.15, -0.1) is 0 Å². The van der Waals surface area contributed by atoms with Crippen LogP contribution in [0.1, 0.15) is 48.9 Å². The molecule has 0 heterocycles. The fourth-order valence-electron chi connectivity index (χ4n) is 4.46. The average molecular weight is 512 g/mol. The molecule has 8 heteroatoms. The number of carbonyl (C=O) groups is 2. The molecule has 1 aliphatic rings. The summed E-state index contributed by atoms with van der Waals surface area (Å²) >= 11 is 0. The second kappa shape index (κ2) is 10.3. The molecule has 1 N–H and O–H groups in total. The van der Waals surface area contributed by atoms with E-state index in [1.54, 1.807) is 20.8 Å². The largest absolute Gasteiger partial charge is 0.458 e. The highest BCUT2D eigenvalue weighted by Gasteiger charge is 2.33. The summed E-state index contributed by atoms with van der Waals surface area (Å²) < 4.78 is 50.5. The number of hydrogen-bond acceptors (Lipinski definition) is 4. The smallest absolute Gasteiger partial charge is 0.416 e. The van der Waals surface area contributed by atoms with Crippen LogP contribution in [0, 0.1) is 0 Å². The first kappa shape index (κ1) is 26.3. The molecule has 1 aliphatic carbocycles. The van der Waals surface area contributed by atoms with E-state index in [0.29, 0.717) is 0 Å². The Hall–Kier alpha value is -3.81. The van der Waals surface area contributed by atoms with Gasteiger partial charge in [-0.3, -0.25) is 0 Å². The van der Waals surface area contributed by atoms with Gasteiger partial charge in [-0.25, -0.2) is 9.59 Å². The first-order chi connectivity index (χ1) is 17.4. The van der Waals surface area contributed by atoms with Crippen molar-refractivity contribution >= 4 is 12.1 Å². The molecule has 3 aromatic carbocycles. The summed E-state index contributed by atoms with van der Waals surface area (Å²) in [5.74, 6) is -0.944. The maximum absolute atomic E-state index is 13.2. The predicted octanol–water partition coefficient (Wildman–Crippen LogP) is 6.50. The zero-order valence-electron chi connectivity index (χ0n) is 20.8. The van der Waals surface area contributed by atoms with Gasteiger partial charge in [0.1, 0.15) is 18.2 Å². The van der Waals surface area contributed by atoms with Crippen molar-refractivity contribution in [3.8, 4) is 11.1 Å². The van der Waals surface area contributed by atoms with Crippen molar-refractivity contribution < 1.29 is 32.2 Å². The standard InChI is InChI=1S/C29H28F3NO4/c1-28(2,3)37-26(34)25(16-18-9-8-10-19(15-18)29(30,31)32)33-27(35)36-17-24-22-13-6-4-11-20(22)21-12-5-7-14-23(21)24/h4-15,24-25H,16-17H2,1-3H3,(H,33,35). The summed E-state index contributed by atoms with van der Waals surface area (Å²) in [6, 6.07) is 19.1. The van der Waals surface area contributed by atoms with Crippen molar-refractivity contribution in [2.24, 2.45) is 0 Å². The normalized spacial score (nSPS) is 13.9. The lowest BCUT2D eigenvalue weighted by Gasteiger charge is -2.25. The number of benzene rings is 3. The van der Waals surface area contributed by atoms with Crippen molar-refractivity contribution in [3.05, 3.63) is 95.1 Å². The molecule has 3 aromatic rings. The zero-order chi connectivity index (χ0) is 26.8. The lowest BCUT2D eigenvalue weighted by atomic mass is 9.98. The number of halogens is 3. The highest BCUT2D eigenvalue weighted by Crippen LogP contribution is 2.44. The molecular formula is C29H28F3NO4. The Bertz CT molecular complexity index is 1250. The van der Waals surface area contributed by atoms with Crippen LogP contribution in [0.15, 0.2) is 72.8 Å². The van der Waals surface area contributed by atoms with Crippen molar-refractivity contribution in [1.82, 2.24) is 5.32 Å². The Labute approximate surface area is 213 Å². The van der Waals surface area contributed by atoms with Crippen LogP contribution in [-0.2, 0) is 26.9 Å².